The van der Waals surface area contributed by atoms with E-state index in [0.29, 0.717) is 12.5 Å². The molecule has 1 aromatic rings. The summed E-state index contributed by atoms with van der Waals surface area (Å²) in [5.74, 6) is 0.512. The van der Waals surface area contributed by atoms with Gasteiger partial charge in [0.15, 0.2) is 0 Å². The lowest BCUT2D eigenvalue weighted by Gasteiger charge is -2.23. The van der Waals surface area contributed by atoms with Crippen molar-refractivity contribution in [1.29, 1.82) is 0 Å². The van der Waals surface area contributed by atoms with Gasteiger partial charge in [0.1, 0.15) is 6.67 Å². The van der Waals surface area contributed by atoms with Crippen LogP contribution in [0.2, 0.25) is 0 Å². The molecule has 1 aliphatic rings. The average molecular weight is 197 g/mol. The third-order valence-corrected chi connectivity index (χ3v) is 2.79. The Hall–Kier alpha value is -0.900. The van der Waals surface area contributed by atoms with E-state index in [2.05, 4.69) is 10.3 Å². The summed E-state index contributed by atoms with van der Waals surface area (Å²) >= 11 is 0. The van der Waals surface area contributed by atoms with Crippen molar-refractivity contribution in [3.8, 4) is 0 Å². The summed E-state index contributed by atoms with van der Waals surface area (Å²) < 4.78 is 14.2. The Balaban J connectivity index is 2.09. The lowest BCUT2D eigenvalue weighted by molar-refractivity contribution is 0.410. The number of nitrogens with one attached hydrogen (secondary N) is 1. The van der Waals surface area contributed by atoms with Crippen molar-refractivity contribution in [3.63, 3.8) is 0 Å². The Morgan fingerprint density at radius 3 is 3.29 bits per heavy atom. The minimum Gasteiger partial charge on any atom is -0.332 e. The molecule has 2 rings (SSSR count). The first-order valence-corrected chi connectivity index (χ1v) is 5.18. The molecular weight excluding hydrogens is 181 g/mol. The van der Waals surface area contributed by atoms with Crippen molar-refractivity contribution in [1.82, 2.24) is 14.9 Å². The van der Waals surface area contributed by atoms with Crippen molar-refractivity contribution < 1.29 is 4.39 Å². The van der Waals surface area contributed by atoms with Gasteiger partial charge in [0.05, 0.1) is 12.9 Å². The molecule has 1 unspecified atom stereocenters. The van der Waals surface area contributed by atoms with E-state index < -0.39 is 0 Å². The lowest BCUT2D eigenvalue weighted by Crippen LogP contribution is -2.29. The van der Waals surface area contributed by atoms with Gasteiger partial charge < -0.3 is 9.88 Å². The topological polar surface area (TPSA) is 29.9 Å². The zero-order chi connectivity index (χ0) is 9.80. The Bertz CT molecular complexity index is 279. The summed E-state index contributed by atoms with van der Waals surface area (Å²) in [5, 5.41) is 3.36. The summed E-state index contributed by atoms with van der Waals surface area (Å²) in [6, 6.07) is 0. The van der Waals surface area contributed by atoms with Crippen LogP contribution in [0.1, 0.15) is 24.5 Å². The largest absolute Gasteiger partial charge is 0.332 e. The zero-order valence-electron chi connectivity index (χ0n) is 8.25. The summed E-state index contributed by atoms with van der Waals surface area (Å²) in [7, 11) is 0. The Morgan fingerprint density at radius 1 is 1.64 bits per heavy atom. The molecule has 2 heterocycles. The first kappa shape index (κ1) is 9.65. The molecule has 1 N–H and O–H groups in total. The highest BCUT2D eigenvalue weighted by Gasteiger charge is 2.18. The van der Waals surface area contributed by atoms with E-state index in [1.807, 2.05) is 10.8 Å². The van der Waals surface area contributed by atoms with E-state index >= 15 is 0 Å². The fraction of sp³-hybridized carbons (Fsp3) is 0.700. The molecule has 1 fully saturated rings. The van der Waals surface area contributed by atoms with Crippen LogP contribution >= 0.6 is 0 Å². The maximum atomic E-state index is 12.2. The third kappa shape index (κ3) is 1.95. The number of piperidine rings is 1. The first-order valence-electron chi connectivity index (χ1n) is 5.18. The van der Waals surface area contributed by atoms with Crippen LogP contribution in [-0.2, 0) is 6.54 Å². The predicted octanol–water partition coefficient (Wildman–Crippen LogP) is 1.32. The second-order valence-corrected chi connectivity index (χ2v) is 3.74. The third-order valence-electron chi connectivity index (χ3n) is 2.79. The standard InChI is InChI=1S/C10H16FN3/c11-3-5-14-8-13-7-10(14)9-2-1-4-12-6-9/h7-9,12H,1-6H2. The molecule has 0 bridgehead atoms. The van der Waals surface area contributed by atoms with Crippen LogP contribution < -0.4 is 5.32 Å². The predicted molar refractivity (Wildman–Crippen MR) is 53.0 cm³/mol. The molecule has 14 heavy (non-hydrogen) atoms. The summed E-state index contributed by atoms with van der Waals surface area (Å²) in [6.07, 6.45) is 5.98. The minimum atomic E-state index is -0.316. The molecular formula is C10H16FN3. The highest BCUT2D eigenvalue weighted by atomic mass is 19.1. The van der Waals surface area contributed by atoms with Gasteiger partial charge in [0.2, 0.25) is 0 Å². The molecule has 0 spiro atoms. The van der Waals surface area contributed by atoms with Crippen molar-refractivity contribution in [2.75, 3.05) is 19.8 Å². The highest BCUT2D eigenvalue weighted by molar-refractivity contribution is 5.08. The Kier molecular flexibility index (Phi) is 3.14. The summed E-state index contributed by atoms with van der Waals surface area (Å²) in [4.78, 5) is 4.08. The van der Waals surface area contributed by atoms with Gasteiger partial charge in [-0.15, -0.1) is 0 Å². The van der Waals surface area contributed by atoms with Crippen molar-refractivity contribution in [2.24, 2.45) is 0 Å². The number of alkyl halides is 1. The molecule has 1 atom stereocenters. The molecule has 0 radical (unpaired) electrons. The van der Waals surface area contributed by atoms with Crippen LogP contribution in [0.4, 0.5) is 4.39 Å². The molecule has 78 valence electrons. The molecule has 0 aliphatic carbocycles. The quantitative estimate of drug-likeness (QED) is 0.792. The van der Waals surface area contributed by atoms with Gasteiger partial charge in [-0.2, -0.15) is 0 Å². The molecule has 3 nitrogen and oxygen atoms in total. The van der Waals surface area contributed by atoms with Gasteiger partial charge in [0.25, 0.3) is 0 Å². The smallest absolute Gasteiger partial charge is 0.107 e. The van der Waals surface area contributed by atoms with Crippen molar-refractivity contribution in [2.45, 2.75) is 25.3 Å². The molecule has 0 amide bonds. The fourth-order valence-corrected chi connectivity index (χ4v) is 2.05. The molecule has 4 heteroatoms. The number of hydrogen-bond acceptors (Lipinski definition) is 2. The second kappa shape index (κ2) is 4.55. The average Bonchev–Trinajstić information content (AvgIpc) is 2.68. The van der Waals surface area contributed by atoms with Crippen LogP contribution in [0.5, 0.6) is 0 Å². The van der Waals surface area contributed by atoms with E-state index in [9.17, 15) is 4.39 Å². The van der Waals surface area contributed by atoms with Crippen LogP contribution in [0, 0.1) is 0 Å². The van der Waals surface area contributed by atoms with Gasteiger partial charge >= 0.3 is 0 Å². The van der Waals surface area contributed by atoms with Gasteiger partial charge in [-0.1, -0.05) is 0 Å². The van der Waals surface area contributed by atoms with E-state index in [1.54, 1.807) is 6.33 Å². The number of nitrogens with zero attached hydrogens (tertiary/aromatic N) is 2. The van der Waals surface area contributed by atoms with E-state index in [0.717, 1.165) is 13.1 Å². The Morgan fingerprint density at radius 2 is 2.57 bits per heavy atom. The highest BCUT2D eigenvalue weighted by Crippen LogP contribution is 2.22. The van der Waals surface area contributed by atoms with Crippen LogP contribution in [-0.4, -0.2) is 29.3 Å². The first-order chi connectivity index (χ1) is 6.92. The monoisotopic (exact) mass is 197 g/mol. The number of hydrogen-bond donors (Lipinski definition) is 1. The maximum Gasteiger partial charge on any atom is 0.107 e. The van der Waals surface area contributed by atoms with Crippen LogP contribution in [0.3, 0.4) is 0 Å². The van der Waals surface area contributed by atoms with Gasteiger partial charge in [-0.3, -0.25) is 0 Å². The summed E-state index contributed by atoms with van der Waals surface area (Å²) in [6.45, 7) is 2.22. The zero-order valence-corrected chi connectivity index (χ0v) is 8.25. The Labute approximate surface area is 83.3 Å². The maximum absolute atomic E-state index is 12.2. The SMILES string of the molecule is FCCn1cncc1C1CCCNC1. The van der Waals surface area contributed by atoms with E-state index in [1.165, 1.54) is 18.5 Å². The van der Waals surface area contributed by atoms with Crippen molar-refractivity contribution in [3.05, 3.63) is 18.2 Å². The minimum absolute atomic E-state index is 0.316. The molecule has 0 aromatic carbocycles. The number of aryl methyl sites for hydroxylation is 1. The summed E-state index contributed by atoms with van der Waals surface area (Å²) in [5.41, 5.74) is 1.18. The van der Waals surface area contributed by atoms with Crippen LogP contribution in [0.25, 0.3) is 0 Å². The van der Waals surface area contributed by atoms with Crippen LogP contribution in [0.15, 0.2) is 12.5 Å². The van der Waals surface area contributed by atoms with E-state index in [-0.39, 0.29) is 6.67 Å². The number of aromatic nitrogens is 2. The van der Waals surface area contributed by atoms with E-state index in [4.69, 9.17) is 0 Å². The second-order valence-electron chi connectivity index (χ2n) is 3.74. The van der Waals surface area contributed by atoms with Gasteiger partial charge in [0, 0.05) is 24.4 Å². The number of imidazole rings is 1. The van der Waals surface area contributed by atoms with Gasteiger partial charge in [-0.05, 0) is 19.4 Å². The van der Waals surface area contributed by atoms with Crippen molar-refractivity contribution >= 4 is 0 Å². The normalized spacial score (nSPS) is 22.5. The number of rotatable bonds is 3. The molecule has 1 aromatic heterocycles. The molecule has 1 aliphatic heterocycles. The van der Waals surface area contributed by atoms with Gasteiger partial charge in [-0.25, -0.2) is 9.37 Å². The molecule has 1 saturated heterocycles. The lowest BCUT2D eigenvalue weighted by atomic mass is 9.96. The molecule has 0 saturated carbocycles. The number of halogens is 1. The fourth-order valence-electron chi connectivity index (χ4n) is 2.05.